The van der Waals surface area contributed by atoms with Crippen LogP contribution in [0, 0.1) is 5.41 Å². The zero-order chi connectivity index (χ0) is 17.1. The molecule has 0 aromatic rings. The van der Waals surface area contributed by atoms with Crippen LogP contribution < -0.4 is 5.32 Å². The fourth-order valence-corrected chi connectivity index (χ4v) is 2.54. The smallest absolute Gasteiger partial charge is 0.217 e. The summed E-state index contributed by atoms with van der Waals surface area (Å²) in [6, 6.07) is 0. The van der Waals surface area contributed by atoms with Gasteiger partial charge >= 0.3 is 0 Å². The molecule has 0 bridgehead atoms. The molecule has 3 heteroatoms. The summed E-state index contributed by atoms with van der Waals surface area (Å²) >= 11 is 0. The first-order valence-corrected chi connectivity index (χ1v) is 6.93. The Hall–Kier alpha value is -1.64. The molecule has 0 aliphatic carbocycles. The highest BCUT2D eigenvalue weighted by molar-refractivity contribution is 5.73. The monoisotopic (exact) mass is 295 g/mol. The lowest BCUT2D eigenvalue weighted by Crippen LogP contribution is -2.45. The molecule has 0 saturated heterocycles. The summed E-state index contributed by atoms with van der Waals surface area (Å²) in [4.78, 5) is 11.2. The minimum absolute atomic E-state index is 0.00325. The van der Waals surface area contributed by atoms with Crippen LogP contribution in [0.3, 0.4) is 0 Å². The molecule has 0 atom stereocenters. The molecule has 21 heavy (non-hydrogen) atoms. The first-order chi connectivity index (χ1) is 9.64. The summed E-state index contributed by atoms with van der Waals surface area (Å²) in [6.45, 7) is 17.5. The minimum Gasteiger partial charge on any atom is -0.351 e. The number of nitrogens with one attached hydrogen (secondary N) is 1. The normalized spacial score (nSPS) is 12.4. The highest BCUT2D eigenvalue weighted by atomic mass is 19.1. The van der Waals surface area contributed by atoms with Gasteiger partial charge in [0.2, 0.25) is 5.91 Å². The Kier molecular flexibility index (Phi) is 10.5. The van der Waals surface area contributed by atoms with Gasteiger partial charge in [-0.15, -0.1) is 0 Å². The van der Waals surface area contributed by atoms with Crippen molar-refractivity contribution in [2.45, 2.75) is 46.6 Å². The van der Waals surface area contributed by atoms with Gasteiger partial charge in [-0.3, -0.25) is 9.18 Å². The van der Waals surface area contributed by atoms with Gasteiger partial charge in [-0.05, 0) is 31.3 Å². The number of carbonyl (C=O) groups is 1. The van der Waals surface area contributed by atoms with Crippen LogP contribution in [0.25, 0.3) is 0 Å². The van der Waals surface area contributed by atoms with Crippen LogP contribution in [-0.2, 0) is 4.79 Å². The highest BCUT2D eigenvalue weighted by Gasteiger charge is 2.30. The maximum absolute atomic E-state index is 11.2. The van der Waals surface area contributed by atoms with Crippen LogP contribution in [0.1, 0.15) is 41.0 Å². The number of halogens is 1. The molecule has 0 aromatic heterocycles. The summed E-state index contributed by atoms with van der Waals surface area (Å²) in [5, 5.41) is 2.99. The number of hydrogen-bond acceptors (Lipinski definition) is 1. The largest absolute Gasteiger partial charge is 0.351 e. The zero-order valence-corrected chi connectivity index (χ0v) is 14.3. The lowest BCUT2D eigenvalue weighted by Gasteiger charge is -2.36. The lowest BCUT2D eigenvalue weighted by atomic mass is 9.74. The molecule has 0 rings (SSSR count). The summed E-state index contributed by atoms with van der Waals surface area (Å²) in [5.74, 6) is -0.00325. The first-order valence-electron chi connectivity index (χ1n) is 6.93. The zero-order valence-electron chi connectivity index (χ0n) is 14.3. The third-order valence-electron chi connectivity index (χ3n) is 2.92. The van der Waals surface area contributed by atoms with Crippen molar-refractivity contribution in [1.29, 1.82) is 0 Å². The van der Waals surface area contributed by atoms with Gasteiger partial charge in [0.1, 0.15) is 0 Å². The topological polar surface area (TPSA) is 29.1 Å². The Bertz CT molecular complexity index is 403. The maximum Gasteiger partial charge on any atom is 0.217 e. The standard InChI is InChI=1S/C17H27NO.CH3F/c1-8-10-11-12-15(9-2)16(4,5)13-17(6,7)18-14(3)19;1-2/h8-12H,1-2,13H2,3-7H3,(H,18,19);1H3/b11-10-,15-12+;. The molecular weight excluding hydrogens is 265 g/mol. The van der Waals surface area contributed by atoms with Crippen molar-refractivity contribution in [2.75, 3.05) is 7.18 Å². The van der Waals surface area contributed by atoms with E-state index < -0.39 is 0 Å². The highest BCUT2D eigenvalue weighted by Crippen LogP contribution is 2.35. The van der Waals surface area contributed by atoms with Gasteiger partial charge in [0.15, 0.2) is 0 Å². The van der Waals surface area contributed by atoms with Crippen molar-refractivity contribution >= 4 is 5.91 Å². The van der Waals surface area contributed by atoms with Gasteiger partial charge in [-0.25, -0.2) is 0 Å². The van der Waals surface area contributed by atoms with E-state index in [1.807, 2.05) is 38.2 Å². The fourth-order valence-electron chi connectivity index (χ4n) is 2.54. The average Bonchev–Trinajstić information content (AvgIpc) is 2.33. The second-order valence-electron chi connectivity index (χ2n) is 6.07. The van der Waals surface area contributed by atoms with Crippen molar-refractivity contribution < 1.29 is 9.18 Å². The van der Waals surface area contributed by atoms with Gasteiger partial charge in [0, 0.05) is 12.5 Å². The van der Waals surface area contributed by atoms with E-state index in [-0.39, 0.29) is 16.9 Å². The summed E-state index contributed by atoms with van der Waals surface area (Å²) < 4.78 is 9.50. The number of hydrogen-bond donors (Lipinski definition) is 1. The quantitative estimate of drug-likeness (QED) is 0.674. The number of amides is 1. The lowest BCUT2D eigenvalue weighted by molar-refractivity contribution is -0.120. The van der Waals surface area contributed by atoms with E-state index in [1.54, 1.807) is 13.0 Å². The van der Waals surface area contributed by atoms with Crippen molar-refractivity contribution in [3.63, 3.8) is 0 Å². The number of carbonyl (C=O) groups excluding carboxylic acids is 1. The van der Waals surface area contributed by atoms with Crippen LogP contribution in [-0.4, -0.2) is 18.6 Å². The molecule has 0 fully saturated rings. The summed E-state index contributed by atoms with van der Waals surface area (Å²) in [5.41, 5.74) is 0.822. The van der Waals surface area contributed by atoms with Crippen molar-refractivity contribution in [3.05, 3.63) is 49.1 Å². The van der Waals surface area contributed by atoms with E-state index in [0.717, 1.165) is 12.0 Å². The Morgan fingerprint density at radius 1 is 1.14 bits per heavy atom. The molecule has 0 saturated carbocycles. The van der Waals surface area contributed by atoms with E-state index >= 15 is 0 Å². The molecule has 0 heterocycles. The molecular formula is C18H30FNO. The van der Waals surface area contributed by atoms with Crippen LogP contribution in [0.5, 0.6) is 0 Å². The molecule has 120 valence electrons. The number of allylic oxidation sites excluding steroid dienone is 6. The van der Waals surface area contributed by atoms with Crippen molar-refractivity contribution in [1.82, 2.24) is 5.32 Å². The van der Waals surface area contributed by atoms with Gasteiger partial charge in [-0.1, -0.05) is 57.4 Å². The molecule has 1 amide bonds. The molecule has 1 N–H and O–H groups in total. The fraction of sp³-hybridized carbons (Fsp3) is 0.500. The van der Waals surface area contributed by atoms with E-state index in [9.17, 15) is 9.18 Å². The maximum atomic E-state index is 11.2. The average molecular weight is 295 g/mol. The van der Waals surface area contributed by atoms with Gasteiger partial charge < -0.3 is 5.32 Å². The molecule has 0 radical (unpaired) electrons. The minimum atomic E-state index is -0.250. The Labute approximate surface area is 129 Å². The van der Waals surface area contributed by atoms with Crippen LogP contribution in [0.4, 0.5) is 4.39 Å². The van der Waals surface area contributed by atoms with Crippen LogP contribution in [0.2, 0.25) is 0 Å². The predicted octanol–water partition coefficient (Wildman–Crippen LogP) is 4.76. The molecule has 2 nitrogen and oxygen atoms in total. The van der Waals surface area contributed by atoms with Crippen LogP contribution in [0.15, 0.2) is 49.1 Å². The Morgan fingerprint density at radius 2 is 1.67 bits per heavy atom. The number of alkyl halides is 1. The second-order valence-corrected chi connectivity index (χ2v) is 6.07. The van der Waals surface area contributed by atoms with E-state index in [4.69, 9.17) is 0 Å². The molecule has 0 spiro atoms. The SMILES string of the molecule is C=C/C=C\C=C(/C=C)C(C)(C)CC(C)(C)NC(C)=O.CF. The predicted molar refractivity (Wildman–Crippen MR) is 90.9 cm³/mol. The third-order valence-corrected chi connectivity index (χ3v) is 2.92. The Morgan fingerprint density at radius 3 is 2.05 bits per heavy atom. The van der Waals surface area contributed by atoms with Gasteiger partial charge in [-0.2, -0.15) is 0 Å². The molecule has 0 aliphatic rings. The Balaban J connectivity index is 0. The summed E-state index contributed by atoms with van der Waals surface area (Å²) in [7, 11) is 0.500. The van der Waals surface area contributed by atoms with Crippen LogP contribution >= 0.6 is 0 Å². The number of rotatable bonds is 7. The van der Waals surface area contributed by atoms with E-state index in [1.165, 1.54) is 0 Å². The van der Waals surface area contributed by atoms with E-state index in [2.05, 4.69) is 32.3 Å². The summed E-state index contributed by atoms with van der Waals surface area (Å²) in [6.07, 6.45) is 10.3. The molecule has 0 unspecified atom stereocenters. The first kappa shape index (κ1) is 21.7. The van der Waals surface area contributed by atoms with Crippen molar-refractivity contribution in [2.24, 2.45) is 5.41 Å². The van der Waals surface area contributed by atoms with Gasteiger partial charge in [0.05, 0.1) is 7.18 Å². The van der Waals surface area contributed by atoms with Crippen molar-refractivity contribution in [3.8, 4) is 0 Å². The van der Waals surface area contributed by atoms with E-state index in [0.29, 0.717) is 7.18 Å². The second kappa shape index (κ2) is 10.1. The molecule has 0 aromatic carbocycles. The van der Waals surface area contributed by atoms with Gasteiger partial charge in [0.25, 0.3) is 0 Å². The molecule has 0 aliphatic heterocycles. The third kappa shape index (κ3) is 9.83.